The summed E-state index contributed by atoms with van der Waals surface area (Å²) in [5.74, 6) is 0. The fourth-order valence-electron chi connectivity index (χ4n) is 1.65. The van der Waals surface area contributed by atoms with Crippen LogP contribution in [0.4, 0.5) is 0 Å². The average molecular weight is 297 g/mol. The monoisotopic (exact) mass is 296 g/mol. The highest BCUT2D eigenvalue weighted by molar-refractivity contribution is 7.89. The van der Waals surface area contributed by atoms with Crippen LogP contribution < -0.4 is 4.72 Å². The van der Waals surface area contributed by atoms with Crippen molar-refractivity contribution in [3.8, 4) is 0 Å². The molecule has 6 heteroatoms. The van der Waals surface area contributed by atoms with Gasteiger partial charge in [-0.15, -0.1) is 0 Å². The molecule has 0 bridgehead atoms. The predicted octanol–water partition coefficient (Wildman–Crippen LogP) is 2.77. The molecule has 0 aliphatic rings. The third-order valence-electron chi connectivity index (χ3n) is 2.59. The van der Waals surface area contributed by atoms with Crippen LogP contribution in [-0.4, -0.2) is 13.4 Å². The van der Waals surface area contributed by atoms with Gasteiger partial charge in [0.05, 0.1) is 16.8 Å². The van der Waals surface area contributed by atoms with E-state index in [9.17, 15) is 8.42 Å². The normalized spacial score (nSPS) is 13.2. The van der Waals surface area contributed by atoms with E-state index < -0.39 is 16.1 Å². The number of benzene rings is 1. The molecule has 0 saturated heterocycles. The summed E-state index contributed by atoms with van der Waals surface area (Å²) in [6.45, 7) is 1.73. The summed E-state index contributed by atoms with van der Waals surface area (Å²) in [7, 11) is -3.66. The molecule has 0 aliphatic carbocycles. The highest BCUT2D eigenvalue weighted by Gasteiger charge is 2.21. The van der Waals surface area contributed by atoms with Crippen LogP contribution in [0.15, 0.2) is 53.6 Å². The first-order valence-corrected chi connectivity index (χ1v) is 7.54. The van der Waals surface area contributed by atoms with E-state index in [0.717, 1.165) is 0 Å². The van der Waals surface area contributed by atoms with Crippen molar-refractivity contribution in [1.29, 1.82) is 0 Å². The van der Waals surface area contributed by atoms with Crippen LogP contribution in [0.2, 0.25) is 5.02 Å². The Hall–Kier alpha value is -1.43. The van der Waals surface area contributed by atoms with Crippen LogP contribution >= 0.6 is 11.6 Å². The standard InChI is InChI=1S/C13H13ClN2O2S/c1-10(12-7-4-5-9-15-12)16-19(17,18)13-8-3-2-6-11(13)14/h2-10,16H,1H3. The molecule has 100 valence electrons. The second-order valence-electron chi connectivity index (χ2n) is 4.03. The molecule has 2 rings (SSSR count). The van der Waals surface area contributed by atoms with Gasteiger partial charge >= 0.3 is 0 Å². The maximum Gasteiger partial charge on any atom is 0.242 e. The number of nitrogens with zero attached hydrogens (tertiary/aromatic N) is 1. The van der Waals surface area contributed by atoms with Crippen LogP contribution in [-0.2, 0) is 10.0 Å². The summed E-state index contributed by atoms with van der Waals surface area (Å²) in [6, 6.07) is 11.2. The molecule has 1 aromatic carbocycles. The first-order valence-electron chi connectivity index (χ1n) is 5.68. The number of sulfonamides is 1. The van der Waals surface area contributed by atoms with Gasteiger partial charge < -0.3 is 0 Å². The maximum atomic E-state index is 12.2. The van der Waals surface area contributed by atoms with E-state index in [1.54, 1.807) is 43.5 Å². The molecule has 1 N–H and O–H groups in total. The lowest BCUT2D eigenvalue weighted by Gasteiger charge is -2.14. The van der Waals surface area contributed by atoms with Crippen molar-refractivity contribution in [2.24, 2.45) is 0 Å². The van der Waals surface area contributed by atoms with Gasteiger partial charge in [0.2, 0.25) is 10.0 Å². The lowest BCUT2D eigenvalue weighted by atomic mass is 10.2. The highest BCUT2D eigenvalue weighted by atomic mass is 35.5. The Morgan fingerprint density at radius 2 is 1.84 bits per heavy atom. The summed E-state index contributed by atoms with van der Waals surface area (Å²) in [5, 5.41) is 0.197. The van der Waals surface area contributed by atoms with Crippen molar-refractivity contribution >= 4 is 21.6 Å². The molecule has 0 spiro atoms. The number of nitrogens with one attached hydrogen (secondary N) is 1. The van der Waals surface area contributed by atoms with Gasteiger partial charge in [-0.3, -0.25) is 4.98 Å². The molecule has 0 amide bonds. The fourth-order valence-corrected chi connectivity index (χ4v) is 3.39. The van der Waals surface area contributed by atoms with E-state index in [2.05, 4.69) is 9.71 Å². The number of pyridine rings is 1. The van der Waals surface area contributed by atoms with Crippen molar-refractivity contribution < 1.29 is 8.42 Å². The molecule has 2 aromatic rings. The van der Waals surface area contributed by atoms with E-state index in [1.807, 2.05) is 6.07 Å². The van der Waals surface area contributed by atoms with Crippen LogP contribution in [0.1, 0.15) is 18.7 Å². The van der Waals surface area contributed by atoms with Gasteiger partial charge in [0.1, 0.15) is 4.90 Å². The molecule has 1 heterocycles. The van der Waals surface area contributed by atoms with Gasteiger partial charge in [0.15, 0.2) is 0 Å². The molecule has 0 aliphatic heterocycles. The van der Waals surface area contributed by atoms with Crippen LogP contribution in [0, 0.1) is 0 Å². The van der Waals surface area contributed by atoms with E-state index in [1.165, 1.54) is 6.07 Å². The zero-order chi connectivity index (χ0) is 13.9. The molecule has 0 fully saturated rings. The fraction of sp³-hybridized carbons (Fsp3) is 0.154. The van der Waals surface area contributed by atoms with Gasteiger partial charge in [-0.25, -0.2) is 13.1 Å². The maximum absolute atomic E-state index is 12.2. The topological polar surface area (TPSA) is 59.1 Å². The summed E-state index contributed by atoms with van der Waals surface area (Å²) in [5.41, 5.74) is 0.651. The van der Waals surface area contributed by atoms with E-state index >= 15 is 0 Å². The van der Waals surface area contributed by atoms with E-state index in [0.29, 0.717) is 5.69 Å². The number of halogens is 1. The minimum Gasteiger partial charge on any atom is -0.260 e. The van der Waals surface area contributed by atoms with Gasteiger partial charge in [-0.05, 0) is 31.2 Å². The van der Waals surface area contributed by atoms with Gasteiger partial charge in [0, 0.05) is 6.20 Å². The van der Waals surface area contributed by atoms with Gasteiger partial charge in [0.25, 0.3) is 0 Å². The summed E-state index contributed by atoms with van der Waals surface area (Å²) in [4.78, 5) is 4.19. The van der Waals surface area contributed by atoms with E-state index in [4.69, 9.17) is 11.6 Å². The highest BCUT2D eigenvalue weighted by Crippen LogP contribution is 2.22. The third-order valence-corrected chi connectivity index (χ3v) is 4.63. The third kappa shape index (κ3) is 3.32. The second kappa shape index (κ2) is 5.69. The van der Waals surface area contributed by atoms with E-state index in [-0.39, 0.29) is 9.92 Å². The molecule has 1 atom stereocenters. The Morgan fingerprint density at radius 1 is 1.16 bits per heavy atom. The Morgan fingerprint density at radius 3 is 2.47 bits per heavy atom. The van der Waals surface area contributed by atoms with Crippen LogP contribution in [0.3, 0.4) is 0 Å². The Balaban J connectivity index is 2.26. The molecule has 0 radical (unpaired) electrons. The Labute approximate surface area is 117 Å². The number of hydrogen-bond acceptors (Lipinski definition) is 3. The molecular weight excluding hydrogens is 284 g/mol. The van der Waals surface area contributed by atoms with Gasteiger partial charge in [-0.2, -0.15) is 0 Å². The predicted molar refractivity (Wildman–Crippen MR) is 74.4 cm³/mol. The quantitative estimate of drug-likeness (QED) is 0.944. The smallest absolute Gasteiger partial charge is 0.242 e. The van der Waals surface area contributed by atoms with Gasteiger partial charge in [-0.1, -0.05) is 29.8 Å². The zero-order valence-corrected chi connectivity index (χ0v) is 11.8. The van der Waals surface area contributed by atoms with Crippen molar-refractivity contribution in [3.63, 3.8) is 0 Å². The summed E-state index contributed by atoms with van der Waals surface area (Å²) in [6.07, 6.45) is 1.62. The molecular formula is C13H13ClN2O2S. The Kier molecular flexibility index (Phi) is 4.19. The second-order valence-corrected chi connectivity index (χ2v) is 6.12. The zero-order valence-electron chi connectivity index (χ0n) is 10.2. The lowest BCUT2D eigenvalue weighted by molar-refractivity contribution is 0.564. The SMILES string of the molecule is CC(NS(=O)(=O)c1ccccc1Cl)c1ccccn1. The largest absolute Gasteiger partial charge is 0.260 e. The first-order chi connectivity index (χ1) is 9.00. The van der Waals surface area contributed by atoms with Crippen molar-refractivity contribution in [1.82, 2.24) is 9.71 Å². The van der Waals surface area contributed by atoms with Crippen molar-refractivity contribution in [2.75, 3.05) is 0 Å². The molecule has 1 aromatic heterocycles. The number of aromatic nitrogens is 1. The minimum absolute atomic E-state index is 0.0689. The summed E-state index contributed by atoms with van der Waals surface area (Å²) < 4.78 is 27.0. The summed E-state index contributed by atoms with van der Waals surface area (Å²) >= 11 is 5.90. The minimum atomic E-state index is -3.66. The molecule has 19 heavy (non-hydrogen) atoms. The Bertz CT molecular complexity index is 659. The molecule has 0 saturated carbocycles. The number of hydrogen-bond donors (Lipinski definition) is 1. The lowest BCUT2D eigenvalue weighted by Crippen LogP contribution is -2.27. The van der Waals surface area contributed by atoms with Crippen molar-refractivity contribution in [2.45, 2.75) is 17.9 Å². The van der Waals surface area contributed by atoms with Crippen LogP contribution in [0.5, 0.6) is 0 Å². The number of rotatable bonds is 4. The average Bonchev–Trinajstić information content (AvgIpc) is 2.39. The molecule has 4 nitrogen and oxygen atoms in total. The van der Waals surface area contributed by atoms with Crippen LogP contribution in [0.25, 0.3) is 0 Å². The first kappa shape index (κ1) is 14.0. The molecule has 1 unspecified atom stereocenters. The van der Waals surface area contributed by atoms with Crippen molar-refractivity contribution in [3.05, 3.63) is 59.4 Å².